The van der Waals surface area contributed by atoms with Crippen LogP contribution in [0.15, 0.2) is 36.0 Å². The Morgan fingerprint density at radius 2 is 2.00 bits per heavy atom. The van der Waals surface area contributed by atoms with Gasteiger partial charge in [-0.05, 0) is 31.2 Å². The van der Waals surface area contributed by atoms with E-state index in [1.54, 1.807) is 22.3 Å². The van der Waals surface area contributed by atoms with Gasteiger partial charge in [-0.1, -0.05) is 0 Å². The maximum atomic E-state index is 5.65. The third-order valence-electron chi connectivity index (χ3n) is 2.46. The van der Waals surface area contributed by atoms with Gasteiger partial charge in [-0.3, -0.25) is 0 Å². The normalized spacial score (nSPS) is 10.7. The molecule has 6 heteroatoms. The fourth-order valence-corrected chi connectivity index (χ4v) is 2.29. The number of nitrogen functional groups attached to an aromatic ring is 1. The maximum Gasteiger partial charge on any atom is 0.212 e. The Morgan fingerprint density at radius 3 is 2.67 bits per heavy atom. The molecule has 0 unspecified atom stereocenters. The zero-order valence-electron chi connectivity index (χ0n) is 9.74. The molecule has 0 saturated heterocycles. The number of thiazole rings is 1. The van der Waals surface area contributed by atoms with Crippen LogP contribution in [0.3, 0.4) is 0 Å². The van der Waals surface area contributed by atoms with Crippen LogP contribution in [0.1, 0.15) is 5.69 Å². The molecule has 0 aliphatic rings. The van der Waals surface area contributed by atoms with Crippen molar-refractivity contribution in [3.8, 4) is 16.5 Å². The van der Waals surface area contributed by atoms with Crippen LogP contribution in [-0.4, -0.2) is 19.7 Å². The second-order valence-corrected chi connectivity index (χ2v) is 4.74. The smallest absolute Gasteiger partial charge is 0.212 e. The number of hydrogen-bond acceptors (Lipinski definition) is 5. The molecule has 0 radical (unpaired) electrons. The minimum Gasteiger partial charge on any atom is -0.399 e. The summed E-state index contributed by atoms with van der Waals surface area (Å²) in [5, 5.41) is 7.21. The minimum atomic E-state index is 0.669. The van der Waals surface area contributed by atoms with Gasteiger partial charge < -0.3 is 5.73 Å². The number of hydrogen-bond donors (Lipinski definition) is 1. The Hall–Kier alpha value is -2.21. The van der Waals surface area contributed by atoms with Crippen molar-refractivity contribution in [2.75, 3.05) is 5.73 Å². The van der Waals surface area contributed by atoms with E-state index >= 15 is 0 Å². The minimum absolute atomic E-state index is 0.669. The van der Waals surface area contributed by atoms with E-state index in [9.17, 15) is 0 Å². The molecular formula is C12H11N5S. The SMILES string of the molecule is Cc1csc(-n2cnc(-c3ccc(N)cc3)n2)n1. The van der Waals surface area contributed by atoms with Gasteiger partial charge in [-0.2, -0.15) is 4.68 Å². The summed E-state index contributed by atoms with van der Waals surface area (Å²) in [6, 6.07) is 7.48. The lowest BCUT2D eigenvalue weighted by Gasteiger charge is -1.96. The topological polar surface area (TPSA) is 69.6 Å². The van der Waals surface area contributed by atoms with Crippen LogP contribution in [0, 0.1) is 6.92 Å². The van der Waals surface area contributed by atoms with Crippen molar-refractivity contribution in [2.24, 2.45) is 0 Å². The van der Waals surface area contributed by atoms with Gasteiger partial charge in [0.15, 0.2) is 5.82 Å². The first-order valence-corrected chi connectivity index (χ1v) is 6.30. The summed E-state index contributed by atoms with van der Waals surface area (Å²) >= 11 is 1.54. The number of aryl methyl sites for hydroxylation is 1. The highest BCUT2D eigenvalue weighted by molar-refractivity contribution is 7.12. The highest BCUT2D eigenvalue weighted by Gasteiger charge is 2.07. The summed E-state index contributed by atoms with van der Waals surface area (Å²) in [6.45, 7) is 1.96. The summed E-state index contributed by atoms with van der Waals surface area (Å²) < 4.78 is 1.68. The van der Waals surface area contributed by atoms with E-state index < -0.39 is 0 Å². The molecule has 2 heterocycles. The van der Waals surface area contributed by atoms with Crippen molar-refractivity contribution in [1.29, 1.82) is 0 Å². The summed E-state index contributed by atoms with van der Waals surface area (Å²) in [6.07, 6.45) is 1.67. The third-order valence-corrected chi connectivity index (χ3v) is 3.41. The molecule has 1 aromatic carbocycles. The summed E-state index contributed by atoms with van der Waals surface area (Å²) in [4.78, 5) is 8.64. The van der Waals surface area contributed by atoms with E-state index in [4.69, 9.17) is 5.73 Å². The molecule has 0 saturated carbocycles. The molecule has 0 aliphatic heterocycles. The number of nitrogens with zero attached hydrogens (tertiary/aromatic N) is 4. The number of nitrogens with two attached hydrogens (primary N) is 1. The van der Waals surface area contributed by atoms with E-state index in [1.807, 2.05) is 36.6 Å². The Kier molecular flexibility index (Phi) is 2.56. The van der Waals surface area contributed by atoms with Crippen LogP contribution in [0.25, 0.3) is 16.5 Å². The van der Waals surface area contributed by atoms with Gasteiger partial charge in [0, 0.05) is 16.6 Å². The van der Waals surface area contributed by atoms with Crippen molar-refractivity contribution in [2.45, 2.75) is 6.92 Å². The molecule has 3 aromatic rings. The quantitative estimate of drug-likeness (QED) is 0.715. The fraction of sp³-hybridized carbons (Fsp3) is 0.0833. The average Bonchev–Trinajstić information content (AvgIpc) is 2.98. The molecular weight excluding hydrogens is 246 g/mol. The van der Waals surface area contributed by atoms with Gasteiger partial charge in [-0.15, -0.1) is 16.4 Å². The molecule has 18 heavy (non-hydrogen) atoms. The van der Waals surface area contributed by atoms with Crippen LogP contribution < -0.4 is 5.73 Å². The van der Waals surface area contributed by atoms with Crippen LogP contribution in [-0.2, 0) is 0 Å². The lowest BCUT2D eigenvalue weighted by Crippen LogP contribution is -1.94. The van der Waals surface area contributed by atoms with E-state index in [2.05, 4.69) is 15.1 Å². The number of rotatable bonds is 2. The zero-order chi connectivity index (χ0) is 12.5. The third kappa shape index (κ3) is 1.98. The number of aromatic nitrogens is 4. The first-order chi connectivity index (χ1) is 8.72. The standard InChI is InChI=1S/C12H11N5S/c1-8-6-18-12(15-8)17-7-14-11(16-17)9-2-4-10(13)5-3-9/h2-7H,13H2,1H3. The molecule has 5 nitrogen and oxygen atoms in total. The molecule has 0 amide bonds. The average molecular weight is 257 g/mol. The monoisotopic (exact) mass is 257 g/mol. The summed E-state index contributed by atoms with van der Waals surface area (Å²) in [5.74, 6) is 0.669. The van der Waals surface area contributed by atoms with Gasteiger partial charge in [0.25, 0.3) is 0 Å². The van der Waals surface area contributed by atoms with Crippen LogP contribution in [0.4, 0.5) is 5.69 Å². The predicted octanol–water partition coefficient (Wildman–Crippen LogP) is 2.28. The van der Waals surface area contributed by atoms with Gasteiger partial charge >= 0.3 is 0 Å². The molecule has 2 N–H and O–H groups in total. The van der Waals surface area contributed by atoms with Crippen molar-refractivity contribution >= 4 is 17.0 Å². The molecule has 0 aliphatic carbocycles. The highest BCUT2D eigenvalue weighted by atomic mass is 32.1. The fourth-order valence-electron chi connectivity index (χ4n) is 1.57. The number of benzene rings is 1. The van der Waals surface area contributed by atoms with E-state index in [1.165, 1.54) is 0 Å². The zero-order valence-corrected chi connectivity index (χ0v) is 10.6. The Bertz CT molecular complexity index is 668. The van der Waals surface area contributed by atoms with E-state index in [0.717, 1.165) is 22.1 Å². The first-order valence-electron chi connectivity index (χ1n) is 5.42. The van der Waals surface area contributed by atoms with Crippen molar-refractivity contribution in [3.05, 3.63) is 41.7 Å². The van der Waals surface area contributed by atoms with Crippen LogP contribution in [0.5, 0.6) is 0 Å². The summed E-state index contributed by atoms with van der Waals surface area (Å²) in [5.41, 5.74) is 8.31. The van der Waals surface area contributed by atoms with E-state index in [-0.39, 0.29) is 0 Å². The highest BCUT2D eigenvalue weighted by Crippen LogP contribution is 2.18. The molecule has 0 fully saturated rings. The molecule has 90 valence electrons. The molecule has 2 aromatic heterocycles. The molecule has 0 spiro atoms. The van der Waals surface area contributed by atoms with Gasteiger partial charge in [0.05, 0.1) is 5.69 Å². The second kappa shape index (κ2) is 4.23. The van der Waals surface area contributed by atoms with Crippen molar-refractivity contribution in [1.82, 2.24) is 19.7 Å². The van der Waals surface area contributed by atoms with Gasteiger partial charge in [-0.25, -0.2) is 9.97 Å². The van der Waals surface area contributed by atoms with Gasteiger partial charge in [0.2, 0.25) is 5.13 Å². The second-order valence-electron chi connectivity index (χ2n) is 3.91. The Balaban J connectivity index is 1.96. The molecule has 0 atom stereocenters. The van der Waals surface area contributed by atoms with Crippen molar-refractivity contribution < 1.29 is 0 Å². The van der Waals surface area contributed by atoms with E-state index in [0.29, 0.717) is 5.82 Å². The Labute approximate surface area is 108 Å². The van der Waals surface area contributed by atoms with Crippen LogP contribution in [0.2, 0.25) is 0 Å². The van der Waals surface area contributed by atoms with Gasteiger partial charge in [0.1, 0.15) is 6.33 Å². The first kappa shape index (κ1) is 10.9. The molecule has 0 bridgehead atoms. The maximum absolute atomic E-state index is 5.65. The number of anilines is 1. The summed E-state index contributed by atoms with van der Waals surface area (Å²) in [7, 11) is 0. The van der Waals surface area contributed by atoms with Crippen molar-refractivity contribution in [3.63, 3.8) is 0 Å². The lowest BCUT2D eigenvalue weighted by molar-refractivity contribution is 0.866. The lowest BCUT2D eigenvalue weighted by atomic mass is 10.2. The molecule has 3 rings (SSSR count). The largest absolute Gasteiger partial charge is 0.399 e. The predicted molar refractivity (Wildman–Crippen MR) is 71.6 cm³/mol. The van der Waals surface area contributed by atoms with Crippen LogP contribution >= 0.6 is 11.3 Å². The Morgan fingerprint density at radius 1 is 1.22 bits per heavy atom.